The van der Waals surface area contributed by atoms with Crippen LogP contribution < -0.4 is 0 Å². The smallest absolute Gasteiger partial charge is 0.0719 e. The molecule has 0 saturated carbocycles. The molecule has 6 nitrogen and oxygen atoms in total. The fraction of sp³-hybridized carbons (Fsp3) is 1.00. The zero-order chi connectivity index (χ0) is 11.4. The van der Waals surface area contributed by atoms with Crippen LogP contribution in [-0.2, 0) is 0 Å². The van der Waals surface area contributed by atoms with Crippen molar-refractivity contribution in [1.29, 1.82) is 0 Å². The Hall–Kier alpha value is -0.880. The van der Waals surface area contributed by atoms with Gasteiger partial charge in [-0.15, -0.1) is 0 Å². The predicted molar refractivity (Wildman–Crippen MR) is 58.5 cm³/mol. The van der Waals surface area contributed by atoms with E-state index in [2.05, 4.69) is 10.4 Å². The van der Waals surface area contributed by atoms with Crippen molar-refractivity contribution in [1.82, 2.24) is 10.0 Å². The van der Waals surface area contributed by atoms with Gasteiger partial charge in [-0.1, -0.05) is 10.4 Å². The van der Waals surface area contributed by atoms with Gasteiger partial charge in [-0.25, -0.2) is 0 Å². The van der Waals surface area contributed by atoms with Crippen LogP contribution in [-0.4, -0.2) is 58.6 Å². The van der Waals surface area contributed by atoms with Crippen molar-refractivity contribution in [3.8, 4) is 0 Å². The molecule has 0 spiro atoms. The molecule has 92 valence electrons. The molecule has 0 bridgehead atoms. The number of hydrogen-bond donors (Lipinski definition) is 2. The summed E-state index contributed by atoms with van der Waals surface area (Å²) in [6.45, 7) is 2.02. The van der Waals surface area contributed by atoms with E-state index < -0.39 is 0 Å². The third-order valence-electron chi connectivity index (χ3n) is 3.38. The summed E-state index contributed by atoms with van der Waals surface area (Å²) in [4.78, 5) is 0. The summed E-state index contributed by atoms with van der Waals surface area (Å²) in [5.74, 6) is 0. The van der Waals surface area contributed by atoms with E-state index in [1.165, 1.54) is 0 Å². The molecule has 2 heterocycles. The normalized spacial score (nSPS) is 30.9. The zero-order valence-electron chi connectivity index (χ0n) is 9.49. The average molecular weight is 228 g/mol. The van der Waals surface area contributed by atoms with Gasteiger partial charge in [0.15, 0.2) is 0 Å². The van der Waals surface area contributed by atoms with Crippen LogP contribution in [0.3, 0.4) is 0 Å². The molecule has 2 aliphatic heterocycles. The topological polar surface area (TPSA) is 71.7 Å². The molecule has 2 saturated heterocycles. The van der Waals surface area contributed by atoms with E-state index in [9.17, 15) is 0 Å². The molecular weight excluding hydrogens is 208 g/mol. The minimum atomic E-state index is 0.124. The van der Waals surface area contributed by atoms with Gasteiger partial charge in [0, 0.05) is 13.1 Å². The lowest BCUT2D eigenvalue weighted by Crippen LogP contribution is -2.30. The molecule has 2 rings (SSSR count). The Bertz CT molecular complexity index is 225. The summed E-state index contributed by atoms with van der Waals surface area (Å²) in [7, 11) is 0. The summed E-state index contributed by atoms with van der Waals surface area (Å²) in [5.41, 5.74) is 0. The lowest BCUT2D eigenvalue weighted by molar-refractivity contribution is 0.114. The maximum Gasteiger partial charge on any atom is 0.0719 e. The summed E-state index contributed by atoms with van der Waals surface area (Å²) in [6.07, 6.45) is 4.10. The van der Waals surface area contributed by atoms with Crippen LogP contribution in [0.5, 0.6) is 0 Å². The molecule has 0 aromatic carbocycles. The Kier molecular flexibility index (Phi) is 3.95. The van der Waals surface area contributed by atoms with E-state index in [4.69, 9.17) is 10.2 Å². The number of aliphatic hydroxyl groups is 2. The molecule has 0 aromatic heterocycles. The first-order valence-corrected chi connectivity index (χ1v) is 6.01. The quantitative estimate of drug-likeness (QED) is 0.673. The number of nitrogens with zero attached hydrogens (tertiary/aromatic N) is 4. The second kappa shape index (κ2) is 5.45. The molecule has 2 N–H and O–H groups in total. The van der Waals surface area contributed by atoms with Gasteiger partial charge in [-0.2, -0.15) is 0 Å². The van der Waals surface area contributed by atoms with Gasteiger partial charge in [0.1, 0.15) is 0 Å². The molecule has 6 heteroatoms. The molecule has 0 aliphatic carbocycles. The van der Waals surface area contributed by atoms with Crippen LogP contribution in [0.25, 0.3) is 0 Å². The molecule has 0 unspecified atom stereocenters. The highest BCUT2D eigenvalue weighted by Gasteiger charge is 2.25. The van der Waals surface area contributed by atoms with Crippen LogP contribution >= 0.6 is 0 Å². The Morgan fingerprint density at radius 3 is 1.69 bits per heavy atom. The van der Waals surface area contributed by atoms with Crippen molar-refractivity contribution in [2.45, 2.75) is 37.8 Å². The first-order valence-electron chi connectivity index (χ1n) is 6.01. The third-order valence-corrected chi connectivity index (χ3v) is 3.38. The van der Waals surface area contributed by atoms with Gasteiger partial charge in [-0.05, 0) is 25.7 Å². The lowest BCUT2D eigenvalue weighted by atomic mass is 10.2. The monoisotopic (exact) mass is 228 g/mol. The van der Waals surface area contributed by atoms with E-state index in [1.54, 1.807) is 0 Å². The van der Waals surface area contributed by atoms with Crippen molar-refractivity contribution in [3.63, 3.8) is 0 Å². The molecule has 0 aromatic rings. The Balaban J connectivity index is 1.88. The number of aliphatic hydroxyl groups excluding tert-OH is 2. The maximum atomic E-state index is 9.13. The molecular formula is C10H20N4O2. The van der Waals surface area contributed by atoms with Gasteiger partial charge in [0.2, 0.25) is 0 Å². The van der Waals surface area contributed by atoms with E-state index in [1.807, 2.05) is 10.0 Å². The zero-order valence-corrected chi connectivity index (χ0v) is 9.49. The molecule has 0 radical (unpaired) electrons. The van der Waals surface area contributed by atoms with E-state index in [-0.39, 0.29) is 25.3 Å². The van der Waals surface area contributed by atoms with Crippen molar-refractivity contribution in [2.75, 3.05) is 26.3 Å². The SMILES string of the molecule is OC[C@@H]1CCCN1N=NN1CCC[C@H]1CO. The van der Waals surface area contributed by atoms with E-state index in [0.29, 0.717) is 0 Å². The van der Waals surface area contributed by atoms with Crippen molar-refractivity contribution >= 4 is 0 Å². The van der Waals surface area contributed by atoms with Crippen molar-refractivity contribution in [2.24, 2.45) is 10.4 Å². The summed E-state index contributed by atoms with van der Waals surface area (Å²) in [6, 6.07) is 0.248. The van der Waals surface area contributed by atoms with Gasteiger partial charge in [0.05, 0.1) is 25.3 Å². The van der Waals surface area contributed by atoms with Crippen molar-refractivity contribution in [3.05, 3.63) is 0 Å². The average Bonchev–Trinajstić information content (AvgIpc) is 2.94. The van der Waals surface area contributed by atoms with Gasteiger partial charge < -0.3 is 10.2 Å². The number of hydrogen-bond acceptors (Lipinski definition) is 4. The van der Waals surface area contributed by atoms with Crippen LogP contribution in [0, 0.1) is 0 Å². The van der Waals surface area contributed by atoms with Gasteiger partial charge in [-0.3, -0.25) is 10.0 Å². The second-order valence-corrected chi connectivity index (χ2v) is 4.46. The van der Waals surface area contributed by atoms with Crippen LogP contribution in [0.1, 0.15) is 25.7 Å². The number of rotatable bonds is 4. The summed E-state index contributed by atoms with van der Waals surface area (Å²) in [5, 5.41) is 30.3. The summed E-state index contributed by atoms with van der Waals surface area (Å²) < 4.78 is 0. The highest BCUT2D eigenvalue weighted by molar-refractivity contribution is 4.76. The van der Waals surface area contributed by atoms with Crippen LogP contribution in [0.4, 0.5) is 0 Å². The Labute approximate surface area is 95.5 Å². The van der Waals surface area contributed by atoms with Gasteiger partial charge >= 0.3 is 0 Å². The Morgan fingerprint density at radius 1 is 0.875 bits per heavy atom. The maximum absolute atomic E-state index is 9.13. The molecule has 2 aliphatic rings. The fourth-order valence-electron chi connectivity index (χ4n) is 2.35. The highest BCUT2D eigenvalue weighted by atomic mass is 16.3. The van der Waals surface area contributed by atoms with Gasteiger partial charge in [0.25, 0.3) is 0 Å². The highest BCUT2D eigenvalue weighted by Crippen LogP contribution is 2.20. The lowest BCUT2D eigenvalue weighted by Gasteiger charge is -2.21. The van der Waals surface area contributed by atoms with E-state index in [0.717, 1.165) is 38.8 Å². The Morgan fingerprint density at radius 2 is 1.31 bits per heavy atom. The standard InChI is InChI=1S/C10H20N4O2/c15-7-9-3-1-5-13(9)11-12-14-6-2-4-10(14)8-16/h9-10,15-16H,1-8H2/t9-,10-/m0/s1. The predicted octanol–water partition coefficient (Wildman–Crippen LogP) is 0.182. The minimum Gasteiger partial charge on any atom is -0.394 e. The third kappa shape index (κ3) is 2.44. The first-order chi connectivity index (χ1) is 7.85. The molecule has 2 atom stereocenters. The fourth-order valence-corrected chi connectivity index (χ4v) is 2.35. The summed E-state index contributed by atoms with van der Waals surface area (Å²) >= 11 is 0. The molecule has 0 amide bonds. The van der Waals surface area contributed by atoms with E-state index >= 15 is 0 Å². The molecule has 2 fully saturated rings. The molecule has 16 heavy (non-hydrogen) atoms. The largest absolute Gasteiger partial charge is 0.394 e. The van der Waals surface area contributed by atoms with Crippen molar-refractivity contribution < 1.29 is 10.2 Å². The minimum absolute atomic E-state index is 0.124. The van der Waals surface area contributed by atoms with Crippen LogP contribution in [0.2, 0.25) is 0 Å². The second-order valence-electron chi connectivity index (χ2n) is 4.46. The first kappa shape index (κ1) is 11.6. The van der Waals surface area contributed by atoms with Crippen LogP contribution in [0.15, 0.2) is 10.4 Å².